The van der Waals surface area contributed by atoms with Gasteiger partial charge in [-0.15, -0.1) is 0 Å². The lowest BCUT2D eigenvalue weighted by Crippen LogP contribution is -2.58. The number of fused-ring (bicyclic) bond motifs is 2. The standard InChI is InChI=1S/C25H28FNO3/c1-24(2,3)30-23(29)19-15-25(18-12-8-5-9-13-18)22(28)20(26)14-21(19)27(25)16-17-10-6-4-7-11-17/h4-13,19-21H,14-16H2,1-3H3/t19-,20-,21+,25-/m1/s1. The van der Waals surface area contributed by atoms with Gasteiger partial charge in [-0.2, -0.15) is 0 Å². The van der Waals surface area contributed by atoms with Crippen molar-refractivity contribution in [2.24, 2.45) is 5.92 Å². The number of carbonyl (C=O) groups is 2. The molecular weight excluding hydrogens is 381 g/mol. The minimum atomic E-state index is -1.59. The van der Waals surface area contributed by atoms with E-state index >= 15 is 4.39 Å². The van der Waals surface area contributed by atoms with Gasteiger partial charge in [-0.1, -0.05) is 60.7 Å². The van der Waals surface area contributed by atoms with Gasteiger partial charge in [0.2, 0.25) is 0 Å². The van der Waals surface area contributed by atoms with E-state index in [4.69, 9.17) is 4.74 Å². The van der Waals surface area contributed by atoms with Gasteiger partial charge in [0, 0.05) is 19.0 Å². The van der Waals surface area contributed by atoms with Crippen LogP contribution in [0.2, 0.25) is 0 Å². The molecule has 0 spiro atoms. The van der Waals surface area contributed by atoms with Gasteiger partial charge < -0.3 is 4.74 Å². The quantitative estimate of drug-likeness (QED) is 0.701. The lowest BCUT2D eigenvalue weighted by molar-refractivity contribution is -0.161. The van der Waals surface area contributed by atoms with Crippen molar-refractivity contribution >= 4 is 11.8 Å². The summed E-state index contributed by atoms with van der Waals surface area (Å²) in [6.07, 6.45) is -1.33. The molecule has 0 N–H and O–H groups in total. The molecule has 0 saturated carbocycles. The van der Waals surface area contributed by atoms with E-state index in [0.29, 0.717) is 6.54 Å². The Morgan fingerprint density at radius 2 is 1.70 bits per heavy atom. The van der Waals surface area contributed by atoms with Gasteiger partial charge in [-0.3, -0.25) is 14.5 Å². The Hall–Kier alpha value is -2.53. The molecule has 5 heteroatoms. The molecule has 30 heavy (non-hydrogen) atoms. The van der Waals surface area contributed by atoms with Gasteiger partial charge in [-0.25, -0.2) is 4.39 Å². The first-order chi connectivity index (χ1) is 14.2. The number of piperidine rings is 1. The lowest BCUT2D eigenvalue weighted by atomic mass is 9.79. The molecule has 2 bridgehead atoms. The molecule has 2 fully saturated rings. The largest absolute Gasteiger partial charge is 0.460 e. The first-order valence-electron chi connectivity index (χ1n) is 10.5. The average Bonchev–Trinajstić information content (AvgIpc) is 2.96. The van der Waals surface area contributed by atoms with Crippen molar-refractivity contribution < 1.29 is 18.7 Å². The van der Waals surface area contributed by atoms with Crippen LogP contribution in [0, 0.1) is 5.92 Å². The summed E-state index contributed by atoms with van der Waals surface area (Å²) in [5.41, 5.74) is -0.0416. The summed E-state index contributed by atoms with van der Waals surface area (Å²) in [4.78, 5) is 28.5. The third-order valence-electron chi connectivity index (χ3n) is 6.17. The third kappa shape index (κ3) is 3.56. The Morgan fingerprint density at radius 3 is 2.30 bits per heavy atom. The second-order valence-electron chi connectivity index (χ2n) is 9.32. The van der Waals surface area contributed by atoms with Crippen molar-refractivity contribution in [2.45, 2.75) is 63.5 Å². The summed E-state index contributed by atoms with van der Waals surface area (Å²) >= 11 is 0. The molecule has 158 valence electrons. The molecule has 0 aromatic heterocycles. The minimum absolute atomic E-state index is 0.0180. The number of esters is 1. The topological polar surface area (TPSA) is 46.6 Å². The van der Waals surface area contributed by atoms with Crippen LogP contribution in [0.4, 0.5) is 4.39 Å². The number of hydrogen-bond acceptors (Lipinski definition) is 4. The molecule has 0 radical (unpaired) electrons. The summed E-state index contributed by atoms with van der Waals surface area (Å²) in [6.45, 7) is 5.94. The number of ether oxygens (including phenoxy) is 1. The highest BCUT2D eigenvalue weighted by atomic mass is 19.1. The number of ketones is 1. The number of Topliss-reactive ketones (excluding diaryl/α,β-unsaturated/α-hetero) is 1. The van der Waals surface area contributed by atoms with Crippen LogP contribution in [-0.4, -0.2) is 34.5 Å². The molecule has 2 aromatic carbocycles. The molecule has 2 heterocycles. The fourth-order valence-corrected chi connectivity index (χ4v) is 4.97. The SMILES string of the molecule is CC(C)(C)OC(=O)[C@@H]1C[C@@]2(c3ccccc3)C(=O)[C@H](F)C[C@@H]1N2Cc1ccccc1. The van der Waals surface area contributed by atoms with Gasteiger partial charge >= 0.3 is 5.97 Å². The minimum Gasteiger partial charge on any atom is -0.460 e. The fraction of sp³-hybridized carbons (Fsp3) is 0.440. The van der Waals surface area contributed by atoms with E-state index in [9.17, 15) is 9.59 Å². The summed E-state index contributed by atoms with van der Waals surface area (Å²) in [5, 5.41) is 0. The zero-order valence-corrected chi connectivity index (χ0v) is 17.7. The number of rotatable bonds is 4. The van der Waals surface area contributed by atoms with E-state index in [1.807, 2.05) is 86.3 Å². The Kier molecular flexibility index (Phi) is 5.27. The molecule has 2 aliphatic heterocycles. The van der Waals surface area contributed by atoms with Crippen molar-refractivity contribution in [1.82, 2.24) is 4.90 Å². The Balaban J connectivity index is 1.81. The second-order valence-corrected chi connectivity index (χ2v) is 9.32. The van der Waals surface area contributed by atoms with Crippen LogP contribution in [0.15, 0.2) is 60.7 Å². The predicted molar refractivity (Wildman–Crippen MR) is 112 cm³/mol. The molecule has 2 aromatic rings. The number of benzene rings is 2. The predicted octanol–water partition coefficient (Wildman–Crippen LogP) is 4.43. The highest BCUT2D eigenvalue weighted by Gasteiger charge is 2.64. The van der Waals surface area contributed by atoms with Crippen molar-refractivity contribution in [3.8, 4) is 0 Å². The van der Waals surface area contributed by atoms with Crippen molar-refractivity contribution in [2.75, 3.05) is 0 Å². The van der Waals surface area contributed by atoms with Gasteiger partial charge in [0.25, 0.3) is 0 Å². The molecular formula is C25H28FNO3. The Morgan fingerprint density at radius 1 is 1.10 bits per heavy atom. The smallest absolute Gasteiger partial charge is 0.311 e. The van der Waals surface area contributed by atoms with Gasteiger partial charge in [0.05, 0.1) is 5.92 Å². The zero-order chi connectivity index (χ0) is 21.5. The highest BCUT2D eigenvalue weighted by Crippen LogP contribution is 2.53. The van der Waals surface area contributed by atoms with Crippen LogP contribution in [0.25, 0.3) is 0 Å². The molecule has 2 saturated heterocycles. The fourth-order valence-electron chi connectivity index (χ4n) is 4.97. The maximum Gasteiger partial charge on any atom is 0.311 e. The number of nitrogens with zero attached hydrogens (tertiary/aromatic N) is 1. The van der Waals surface area contributed by atoms with Gasteiger partial charge in [-0.05, 0) is 38.3 Å². The van der Waals surface area contributed by atoms with Crippen molar-refractivity contribution in [3.63, 3.8) is 0 Å². The third-order valence-corrected chi connectivity index (χ3v) is 6.17. The number of hydrogen-bond donors (Lipinski definition) is 0. The van der Waals surface area contributed by atoms with Crippen LogP contribution in [0.3, 0.4) is 0 Å². The summed E-state index contributed by atoms with van der Waals surface area (Å²) in [5.74, 6) is -1.37. The maximum absolute atomic E-state index is 15.0. The first-order valence-corrected chi connectivity index (χ1v) is 10.5. The van der Waals surface area contributed by atoms with Crippen LogP contribution < -0.4 is 0 Å². The number of halogens is 1. The second kappa shape index (κ2) is 7.62. The van der Waals surface area contributed by atoms with E-state index in [2.05, 4.69) is 0 Å². The molecule has 2 aliphatic rings. The monoisotopic (exact) mass is 409 g/mol. The highest BCUT2D eigenvalue weighted by molar-refractivity contribution is 5.96. The molecule has 0 amide bonds. The van der Waals surface area contributed by atoms with Crippen molar-refractivity contribution in [1.29, 1.82) is 0 Å². The van der Waals surface area contributed by atoms with Gasteiger partial charge in [0.15, 0.2) is 12.0 Å². The number of alkyl halides is 1. The average molecular weight is 410 g/mol. The van der Waals surface area contributed by atoms with Crippen LogP contribution in [-0.2, 0) is 26.4 Å². The molecule has 4 nitrogen and oxygen atoms in total. The number of carbonyl (C=O) groups excluding carboxylic acids is 2. The zero-order valence-electron chi connectivity index (χ0n) is 17.7. The molecule has 4 atom stereocenters. The molecule has 0 aliphatic carbocycles. The van der Waals surface area contributed by atoms with Gasteiger partial charge in [0.1, 0.15) is 11.1 Å². The summed E-state index contributed by atoms with van der Waals surface area (Å²) in [6, 6.07) is 18.7. The van der Waals surface area contributed by atoms with Crippen LogP contribution >= 0.6 is 0 Å². The van der Waals surface area contributed by atoms with Crippen molar-refractivity contribution in [3.05, 3.63) is 71.8 Å². The normalized spacial score (nSPS) is 29.1. The summed E-state index contributed by atoms with van der Waals surface area (Å²) < 4.78 is 20.7. The van der Waals surface area contributed by atoms with E-state index in [1.54, 1.807) is 0 Å². The van der Waals surface area contributed by atoms with E-state index in [0.717, 1.165) is 11.1 Å². The van der Waals surface area contributed by atoms with Crippen LogP contribution in [0.5, 0.6) is 0 Å². The lowest BCUT2D eigenvalue weighted by Gasteiger charge is -2.45. The Bertz CT molecular complexity index is 924. The van der Waals surface area contributed by atoms with E-state index in [-0.39, 0.29) is 18.8 Å². The summed E-state index contributed by atoms with van der Waals surface area (Å²) in [7, 11) is 0. The molecule has 4 rings (SSSR count). The first kappa shape index (κ1) is 20.7. The van der Waals surface area contributed by atoms with E-state index < -0.39 is 35.1 Å². The van der Waals surface area contributed by atoms with Crippen LogP contribution in [0.1, 0.15) is 44.7 Å². The maximum atomic E-state index is 15.0. The van der Waals surface area contributed by atoms with E-state index in [1.165, 1.54) is 0 Å². The Labute approximate surface area is 177 Å². The molecule has 0 unspecified atom stereocenters.